The van der Waals surface area contributed by atoms with Crippen LogP contribution in [-0.2, 0) is 11.2 Å². The highest BCUT2D eigenvalue weighted by Gasteiger charge is 2.48. The van der Waals surface area contributed by atoms with Crippen molar-refractivity contribution in [3.05, 3.63) is 90.0 Å². The molecular weight excluding hydrogens is 386 g/mol. The zero-order valence-electron chi connectivity index (χ0n) is 18.2. The smallest absolute Gasteiger partial charge is 0.233 e. The summed E-state index contributed by atoms with van der Waals surface area (Å²) >= 11 is 0. The molecule has 1 heterocycles. The summed E-state index contributed by atoms with van der Waals surface area (Å²) < 4.78 is 10.6. The van der Waals surface area contributed by atoms with Gasteiger partial charge < -0.3 is 14.4 Å². The van der Waals surface area contributed by atoms with Crippen LogP contribution in [-0.4, -0.2) is 20.1 Å². The van der Waals surface area contributed by atoms with Gasteiger partial charge in [0.2, 0.25) is 5.91 Å². The van der Waals surface area contributed by atoms with Crippen LogP contribution in [0.5, 0.6) is 11.5 Å². The van der Waals surface area contributed by atoms with E-state index in [4.69, 9.17) is 9.47 Å². The lowest BCUT2D eigenvalue weighted by Gasteiger charge is -2.47. The number of anilines is 1. The Morgan fingerprint density at radius 2 is 1.39 bits per heavy atom. The minimum atomic E-state index is 0.00581. The van der Waals surface area contributed by atoms with Crippen molar-refractivity contribution in [1.29, 1.82) is 0 Å². The third-order valence-electron chi connectivity index (χ3n) is 6.10. The summed E-state index contributed by atoms with van der Waals surface area (Å²) in [5.41, 5.74) is 3.41. The van der Waals surface area contributed by atoms with E-state index in [9.17, 15) is 4.79 Å². The highest BCUT2D eigenvalue weighted by atomic mass is 16.5. The Morgan fingerprint density at radius 1 is 0.774 bits per heavy atom. The molecule has 31 heavy (non-hydrogen) atoms. The molecule has 0 radical (unpaired) electrons. The Balaban J connectivity index is 1.48. The van der Waals surface area contributed by atoms with Crippen molar-refractivity contribution < 1.29 is 14.3 Å². The second-order valence-electron chi connectivity index (χ2n) is 7.96. The Bertz CT molecular complexity index is 983. The molecule has 3 aromatic rings. The molecule has 1 aliphatic rings. The number of amides is 1. The molecule has 2 atom stereocenters. The van der Waals surface area contributed by atoms with Crippen LogP contribution in [0, 0.1) is 5.92 Å². The zero-order valence-corrected chi connectivity index (χ0v) is 18.2. The van der Waals surface area contributed by atoms with E-state index in [1.807, 2.05) is 47.4 Å². The molecular formula is C27H29NO3. The van der Waals surface area contributed by atoms with Crippen LogP contribution in [0.15, 0.2) is 78.9 Å². The van der Waals surface area contributed by atoms with E-state index in [2.05, 4.69) is 36.4 Å². The molecule has 1 fully saturated rings. The topological polar surface area (TPSA) is 38.8 Å². The minimum Gasteiger partial charge on any atom is -0.497 e. The molecule has 0 unspecified atom stereocenters. The number of hydrogen-bond acceptors (Lipinski definition) is 3. The number of aryl methyl sites for hydroxylation is 1. The molecule has 1 saturated heterocycles. The van der Waals surface area contributed by atoms with E-state index in [1.54, 1.807) is 14.2 Å². The monoisotopic (exact) mass is 415 g/mol. The quantitative estimate of drug-likeness (QED) is 0.326. The van der Waals surface area contributed by atoms with Gasteiger partial charge in [0.05, 0.1) is 26.2 Å². The van der Waals surface area contributed by atoms with Crippen LogP contribution in [0.4, 0.5) is 5.69 Å². The second-order valence-corrected chi connectivity index (χ2v) is 7.96. The van der Waals surface area contributed by atoms with E-state index >= 15 is 0 Å². The van der Waals surface area contributed by atoms with Crippen LogP contribution in [0.3, 0.4) is 0 Å². The highest BCUT2D eigenvalue weighted by molar-refractivity contribution is 6.03. The second kappa shape index (κ2) is 9.69. The fourth-order valence-corrected chi connectivity index (χ4v) is 4.38. The van der Waals surface area contributed by atoms with Gasteiger partial charge in [-0.3, -0.25) is 4.79 Å². The lowest BCUT2D eigenvalue weighted by Crippen LogP contribution is -2.55. The summed E-state index contributed by atoms with van der Waals surface area (Å²) in [6, 6.07) is 26.4. The molecule has 0 spiro atoms. The van der Waals surface area contributed by atoms with E-state index in [1.165, 1.54) is 5.56 Å². The molecule has 1 amide bonds. The predicted octanol–water partition coefficient (Wildman–Crippen LogP) is 5.82. The van der Waals surface area contributed by atoms with Crippen molar-refractivity contribution in [2.75, 3.05) is 19.1 Å². The van der Waals surface area contributed by atoms with Crippen molar-refractivity contribution in [3.63, 3.8) is 0 Å². The Morgan fingerprint density at radius 3 is 2.00 bits per heavy atom. The van der Waals surface area contributed by atoms with Crippen LogP contribution in [0.1, 0.15) is 36.4 Å². The summed E-state index contributed by atoms with van der Waals surface area (Å²) in [6.07, 6.45) is 4.08. The fraction of sp³-hybridized carbons (Fsp3) is 0.296. The Kier molecular flexibility index (Phi) is 6.56. The van der Waals surface area contributed by atoms with Crippen LogP contribution < -0.4 is 14.4 Å². The summed E-state index contributed by atoms with van der Waals surface area (Å²) in [4.78, 5) is 15.1. The van der Waals surface area contributed by atoms with Crippen molar-refractivity contribution in [2.45, 2.75) is 31.7 Å². The molecule has 0 saturated carbocycles. The highest BCUT2D eigenvalue weighted by Crippen LogP contribution is 2.46. The van der Waals surface area contributed by atoms with Crippen LogP contribution in [0.2, 0.25) is 0 Å². The third kappa shape index (κ3) is 4.58. The number of methoxy groups -OCH3 is 2. The SMILES string of the molecule is COc1ccc([C@@H]2[C@@H](CCCCc3ccccc3)C(=O)N2c2ccc(OC)cc2)cc1. The first-order chi connectivity index (χ1) is 15.2. The fourth-order valence-electron chi connectivity index (χ4n) is 4.38. The van der Waals surface area contributed by atoms with Gasteiger partial charge in [-0.05, 0) is 66.8 Å². The molecule has 1 aliphatic heterocycles. The molecule has 4 rings (SSSR count). The Labute approximate surface area is 184 Å². The van der Waals surface area contributed by atoms with Crippen LogP contribution in [0.25, 0.3) is 0 Å². The van der Waals surface area contributed by atoms with Gasteiger partial charge in [-0.1, -0.05) is 48.9 Å². The van der Waals surface area contributed by atoms with Crippen LogP contribution >= 0.6 is 0 Å². The van der Waals surface area contributed by atoms with Gasteiger partial charge in [-0.25, -0.2) is 0 Å². The lowest BCUT2D eigenvalue weighted by atomic mass is 9.78. The molecule has 0 N–H and O–H groups in total. The van der Waals surface area contributed by atoms with Gasteiger partial charge in [0.25, 0.3) is 0 Å². The number of β-lactam (4-membered cyclic amide) rings is 1. The predicted molar refractivity (Wildman–Crippen MR) is 124 cm³/mol. The first-order valence-electron chi connectivity index (χ1n) is 10.9. The number of carbonyl (C=O) groups excluding carboxylic acids is 1. The largest absolute Gasteiger partial charge is 0.497 e. The van der Waals surface area contributed by atoms with Crippen molar-refractivity contribution in [1.82, 2.24) is 0 Å². The number of hydrogen-bond donors (Lipinski definition) is 0. The normalized spacial score (nSPS) is 17.9. The number of benzene rings is 3. The number of rotatable bonds is 9. The van der Waals surface area contributed by atoms with Crippen molar-refractivity contribution in [2.24, 2.45) is 5.92 Å². The van der Waals surface area contributed by atoms with E-state index in [-0.39, 0.29) is 17.9 Å². The summed E-state index contributed by atoms with van der Waals surface area (Å²) in [5.74, 6) is 1.82. The lowest BCUT2D eigenvalue weighted by molar-refractivity contribution is -0.130. The van der Waals surface area contributed by atoms with E-state index in [0.29, 0.717) is 0 Å². The van der Waals surface area contributed by atoms with Gasteiger partial charge in [-0.2, -0.15) is 0 Å². The molecule has 3 aromatic carbocycles. The van der Waals surface area contributed by atoms with Gasteiger partial charge in [0, 0.05) is 5.69 Å². The first kappa shape index (κ1) is 21.0. The summed E-state index contributed by atoms with van der Waals surface area (Å²) in [7, 11) is 3.32. The van der Waals surface area contributed by atoms with Crippen molar-refractivity contribution >= 4 is 11.6 Å². The number of carbonyl (C=O) groups is 1. The van der Waals surface area contributed by atoms with Gasteiger partial charge in [-0.15, -0.1) is 0 Å². The summed E-state index contributed by atoms with van der Waals surface area (Å²) in [6.45, 7) is 0. The standard InChI is InChI=1S/C27H29NO3/c1-30-23-16-12-21(13-17-23)26-25(11-7-6-10-20-8-4-3-5-9-20)27(29)28(26)22-14-18-24(31-2)19-15-22/h3-5,8-9,12-19,25-26H,6-7,10-11H2,1-2H3/t25-,26-/m1/s1. The third-order valence-corrected chi connectivity index (χ3v) is 6.10. The van der Waals surface area contributed by atoms with Gasteiger partial charge >= 0.3 is 0 Å². The molecule has 4 nitrogen and oxygen atoms in total. The molecule has 0 aromatic heterocycles. The maximum Gasteiger partial charge on any atom is 0.233 e. The molecule has 0 aliphatic carbocycles. The maximum atomic E-state index is 13.2. The Hall–Kier alpha value is -3.27. The maximum absolute atomic E-state index is 13.2. The van der Waals surface area contributed by atoms with Crippen molar-refractivity contribution in [3.8, 4) is 11.5 Å². The minimum absolute atomic E-state index is 0.00581. The van der Waals surface area contributed by atoms with E-state index in [0.717, 1.165) is 48.4 Å². The average molecular weight is 416 g/mol. The number of unbranched alkanes of at least 4 members (excludes halogenated alkanes) is 1. The number of ether oxygens (including phenoxy) is 2. The number of nitrogens with zero attached hydrogens (tertiary/aromatic N) is 1. The van der Waals surface area contributed by atoms with Gasteiger partial charge in [0.1, 0.15) is 11.5 Å². The zero-order chi connectivity index (χ0) is 21.6. The molecule has 0 bridgehead atoms. The average Bonchev–Trinajstić information content (AvgIpc) is 2.83. The van der Waals surface area contributed by atoms with E-state index < -0.39 is 0 Å². The summed E-state index contributed by atoms with van der Waals surface area (Å²) in [5, 5.41) is 0. The van der Waals surface area contributed by atoms with Gasteiger partial charge in [0.15, 0.2) is 0 Å². The molecule has 160 valence electrons. The molecule has 4 heteroatoms. The first-order valence-corrected chi connectivity index (χ1v) is 10.9.